The van der Waals surface area contributed by atoms with Crippen molar-refractivity contribution in [3.63, 3.8) is 0 Å². The molecule has 0 saturated carbocycles. The van der Waals surface area contributed by atoms with E-state index in [4.69, 9.17) is 16.3 Å². The van der Waals surface area contributed by atoms with Gasteiger partial charge < -0.3 is 4.74 Å². The molecular weight excluding hydrogens is 370 g/mol. The van der Waals surface area contributed by atoms with Crippen molar-refractivity contribution in [2.45, 2.75) is 32.6 Å². The zero-order valence-electron chi connectivity index (χ0n) is 14.7. The minimum Gasteiger partial charge on any atom is -0.442 e. The molecule has 1 aromatic carbocycles. The second-order valence-corrected chi connectivity index (χ2v) is 7.87. The summed E-state index contributed by atoms with van der Waals surface area (Å²) in [6.07, 6.45) is 2.14. The summed E-state index contributed by atoms with van der Waals surface area (Å²) in [6, 6.07) is 6.34. The van der Waals surface area contributed by atoms with E-state index in [1.54, 1.807) is 18.2 Å². The first kappa shape index (κ1) is 17.6. The number of ketones is 1. The van der Waals surface area contributed by atoms with Gasteiger partial charge in [-0.05, 0) is 5.41 Å². The number of hydrogen-bond acceptors (Lipinski definition) is 6. The number of hydrogen-bond donors (Lipinski definition) is 0. The van der Waals surface area contributed by atoms with Gasteiger partial charge >= 0.3 is 0 Å². The monoisotopic (exact) mass is 385 g/mol. The molecule has 0 N–H and O–H groups in total. The number of benzene rings is 1. The highest BCUT2D eigenvalue weighted by Gasteiger charge is 2.45. The normalized spacial score (nSPS) is 20.6. The van der Waals surface area contributed by atoms with E-state index in [1.165, 1.54) is 12.4 Å². The lowest BCUT2D eigenvalue weighted by Crippen LogP contribution is -2.33. The smallest absolute Gasteiger partial charge is 0.273 e. The molecule has 2 aromatic rings. The Morgan fingerprint density at radius 2 is 2.00 bits per heavy atom. The predicted octanol–water partition coefficient (Wildman–Crippen LogP) is 4.21. The van der Waals surface area contributed by atoms with E-state index >= 15 is 0 Å². The van der Waals surface area contributed by atoms with Gasteiger partial charge in [-0.15, -0.1) is 0 Å². The Kier molecular flexibility index (Phi) is 3.99. The van der Waals surface area contributed by atoms with Crippen LogP contribution >= 0.6 is 11.6 Å². The average Bonchev–Trinajstić information content (AvgIpc) is 2.59. The second kappa shape index (κ2) is 6.13. The van der Waals surface area contributed by atoms with E-state index in [2.05, 4.69) is 9.97 Å². The molecule has 0 saturated heterocycles. The SMILES string of the molecule is CC1(C)CC(=O)C2=C(C1)Oc1ncnc(Cl)c1C2c1ccccc1[N+](=O)[O-]. The van der Waals surface area contributed by atoms with Crippen molar-refractivity contribution < 1.29 is 14.5 Å². The van der Waals surface area contributed by atoms with Crippen LogP contribution in [0.3, 0.4) is 0 Å². The average molecular weight is 386 g/mol. The number of carbonyl (C=O) groups excluding carboxylic acids is 1. The van der Waals surface area contributed by atoms with Gasteiger partial charge in [0, 0.05) is 30.0 Å². The number of carbonyl (C=O) groups is 1. The topological polar surface area (TPSA) is 95.2 Å². The summed E-state index contributed by atoms with van der Waals surface area (Å²) in [5, 5.41) is 11.7. The van der Waals surface area contributed by atoms with Gasteiger partial charge in [0.2, 0.25) is 5.88 Å². The molecule has 1 aliphatic heterocycles. The fourth-order valence-electron chi connectivity index (χ4n) is 3.84. The standard InChI is InChI=1S/C19H16ClN3O4/c1-19(2)7-12(24)15-13(8-19)27-18-16(17(20)21-9-22-18)14(15)10-5-3-4-6-11(10)23(25)26/h3-6,9,14H,7-8H2,1-2H3. The Labute approximate surface area is 160 Å². The number of Topliss-reactive ketones (excluding diaryl/α,β-unsaturated/α-hetero) is 1. The van der Waals surface area contributed by atoms with Crippen molar-refractivity contribution in [2.75, 3.05) is 0 Å². The minimum atomic E-state index is -0.734. The van der Waals surface area contributed by atoms with Crippen LogP contribution in [0.2, 0.25) is 5.15 Å². The lowest BCUT2D eigenvalue weighted by atomic mass is 9.70. The second-order valence-electron chi connectivity index (χ2n) is 7.51. The third kappa shape index (κ3) is 2.88. The highest BCUT2D eigenvalue weighted by atomic mass is 35.5. The highest BCUT2D eigenvalue weighted by molar-refractivity contribution is 6.30. The number of rotatable bonds is 2. The Bertz CT molecular complexity index is 1020. The molecule has 1 atom stereocenters. The first-order chi connectivity index (χ1) is 12.8. The van der Waals surface area contributed by atoms with Crippen molar-refractivity contribution >= 4 is 23.1 Å². The van der Waals surface area contributed by atoms with Crippen LogP contribution in [-0.4, -0.2) is 20.7 Å². The summed E-state index contributed by atoms with van der Waals surface area (Å²) in [5.74, 6) is -0.0957. The molecule has 0 spiro atoms. The number of nitrogens with zero attached hydrogens (tertiary/aromatic N) is 3. The van der Waals surface area contributed by atoms with E-state index in [9.17, 15) is 14.9 Å². The Balaban J connectivity index is 2.02. The van der Waals surface area contributed by atoms with Gasteiger partial charge in [0.15, 0.2) is 5.78 Å². The molecule has 7 nitrogen and oxygen atoms in total. The van der Waals surface area contributed by atoms with Crippen LogP contribution in [0.4, 0.5) is 5.69 Å². The fourth-order valence-corrected chi connectivity index (χ4v) is 4.08. The molecule has 1 aromatic heterocycles. The number of aromatic nitrogens is 2. The first-order valence-electron chi connectivity index (χ1n) is 8.46. The van der Waals surface area contributed by atoms with Crippen molar-refractivity contribution in [2.24, 2.45) is 5.41 Å². The van der Waals surface area contributed by atoms with E-state index in [1.807, 2.05) is 13.8 Å². The molecule has 2 heterocycles. The largest absolute Gasteiger partial charge is 0.442 e. The number of nitro benzene ring substituents is 1. The Morgan fingerprint density at radius 3 is 2.74 bits per heavy atom. The highest BCUT2D eigenvalue weighted by Crippen LogP contribution is 2.52. The lowest BCUT2D eigenvalue weighted by molar-refractivity contribution is -0.385. The van der Waals surface area contributed by atoms with Crippen LogP contribution in [0.1, 0.15) is 43.7 Å². The molecule has 0 radical (unpaired) electrons. The van der Waals surface area contributed by atoms with Crippen LogP contribution < -0.4 is 4.74 Å². The third-order valence-corrected chi connectivity index (χ3v) is 5.22. The maximum atomic E-state index is 13.0. The third-order valence-electron chi connectivity index (χ3n) is 4.92. The maximum absolute atomic E-state index is 13.0. The molecule has 0 amide bonds. The maximum Gasteiger partial charge on any atom is 0.273 e. The van der Waals surface area contributed by atoms with Crippen molar-refractivity contribution in [3.05, 3.63) is 68.3 Å². The molecule has 4 rings (SSSR count). The molecule has 27 heavy (non-hydrogen) atoms. The molecule has 8 heteroatoms. The zero-order chi connectivity index (χ0) is 19.3. The number of ether oxygens (including phenoxy) is 1. The van der Waals surface area contributed by atoms with Gasteiger partial charge in [0.25, 0.3) is 5.69 Å². The van der Waals surface area contributed by atoms with Gasteiger partial charge in [-0.1, -0.05) is 43.6 Å². The first-order valence-corrected chi connectivity index (χ1v) is 8.84. The summed E-state index contributed by atoms with van der Waals surface area (Å²) >= 11 is 6.32. The van der Waals surface area contributed by atoms with Crippen LogP contribution in [0.15, 0.2) is 41.9 Å². The minimum absolute atomic E-state index is 0.0836. The van der Waals surface area contributed by atoms with E-state index < -0.39 is 10.8 Å². The molecule has 0 bridgehead atoms. The molecule has 1 unspecified atom stereocenters. The molecule has 2 aliphatic rings. The summed E-state index contributed by atoms with van der Waals surface area (Å²) in [4.78, 5) is 32.4. The van der Waals surface area contributed by atoms with Gasteiger partial charge in [0.05, 0.1) is 16.4 Å². The van der Waals surface area contributed by atoms with Crippen molar-refractivity contribution in [1.82, 2.24) is 9.97 Å². The number of fused-ring (bicyclic) bond motifs is 1. The fraction of sp³-hybridized carbons (Fsp3) is 0.316. The van der Waals surface area contributed by atoms with Gasteiger partial charge in [0.1, 0.15) is 17.2 Å². The number of halogens is 1. The van der Waals surface area contributed by atoms with E-state index in [-0.39, 0.29) is 27.9 Å². The van der Waals surface area contributed by atoms with Gasteiger partial charge in [-0.3, -0.25) is 14.9 Å². The van der Waals surface area contributed by atoms with E-state index in [0.717, 1.165) is 0 Å². The summed E-state index contributed by atoms with van der Waals surface area (Å²) < 4.78 is 5.93. The summed E-state index contributed by atoms with van der Waals surface area (Å²) in [5.41, 5.74) is 0.828. The predicted molar refractivity (Wildman–Crippen MR) is 97.7 cm³/mol. The molecular formula is C19H16ClN3O4. The zero-order valence-corrected chi connectivity index (χ0v) is 15.5. The number of allylic oxidation sites excluding steroid dienone is 2. The van der Waals surface area contributed by atoms with Gasteiger partial charge in [-0.25, -0.2) is 9.97 Å². The van der Waals surface area contributed by atoms with Crippen LogP contribution in [0.25, 0.3) is 0 Å². The molecule has 0 fully saturated rings. The quantitative estimate of drug-likeness (QED) is 0.436. The van der Waals surface area contributed by atoms with E-state index in [0.29, 0.717) is 35.3 Å². The summed E-state index contributed by atoms with van der Waals surface area (Å²) in [6.45, 7) is 3.97. The number of para-hydroxylation sites is 1. The Hall–Kier alpha value is -2.80. The van der Waals surface area contributed by atoms with Crippen LogP contribution in [0, 0.1) is 15.5 Å². The lowest BCUT2D eigenvalue weighted by Gasteiger charge is -2.37. The summed E-state index contributed by atoms with van der Waals surface area (Å²) in [7, 11) is 0. The van der Waals surface area contributed by atoms with Crippen molar-refractivity contribution in [1.29, 1.82) is 0 Å². The molecule has 1 aliphatic carbocycles. The van der Waals surface area contributed by atoms with Crippen LogP contribution in [0.5, 0.6) is 5.88 Å². The van der Waals surface area contributed by atoms with Crippen LogP contribution in [-0.2, 0) is 4.79 Å². The number of nitro groups is 1. The molecule has 138 valence electrons. The van der Waals surface area contributed by atoms with Gasteiger partial charge in [-0.2, -0.15) is 0 Å². The Morgan fingerprint density at radius 1 is 1.26 bits per heavy atom. The van der Waals surface area contributed by atoms with Crippen molar-refractivity contribution in [3.8, 4) is 5.88 Å².